The molecule has 0 atom stereocenters. The highest BCUT2D eigenvalue weighted by molar-refractivity contribution is 7.13. The first kappa shape index (κ1) is 13.7. The number of fused-ring (bicyclic) bond motifs is 1. The highest BCUT2D eigenvalue weighted by Gasteiger charge is 2.15. The molecule has 6 nitrogen and oxygen atoms in total. The minimum atomic E-state index is -0.305. The molecule has 3 heterocycles. The van der Waals surface area contributed by atoms with Crippen molar-refractivity contribution in [1.29, 1.82) is 0 Å². The fraction of sp³-hybridized carbons (Fsp3) is 0.0625. The van der Waals surface area contributed by atoms with Gasteiger partial charge in [-0.1, -0.05) is 23.4 Å². The number of rotatable bonds is 3. The SMILES string of the molecule is Cn1c(-c2nc(C(=O)Nc3ccon3)cs2)cc2ccccc21. The van der Waals surface area contributed by atoms with Gasteiger partial charge in [-0.05, 0) is 12.1 Å². The number of carbonyl (C=O) groups is 1. The summed E-state index contributed by atoms with van der Waals surface area (Å²) in [4.78, 5) is 16.6. The molecule has 0 aliphatic carbocycles. The minimum absolute atomic E-state index is 0.305. The fourth-order valence-corrected chi connectivity index (χ4v) is 3.30. The molecule has 0 aliphatic rings. The molecule has 0 aliphatic heterocycles. The number of thiazole rings is 1. The van der Waals surface area contributed by atoms with E-state index in [4.69, 9.17) is 0 Å². The van der Waals surface area contributed by atoms with E-state index in [1.165, 1.54) is 17.6 Å². The molecule has 4 rings (SSSR count). The van der Waals surface area contributed by atoms with Crippen LogP contribution in [0, 0.1) is 0 Å². The number of hydrogen-bond donors (Lipinski definition) is 1. The molecule has 7 heteroatoms. The second-order valence-corrected chi connectivity index (χ2v) is 5.88. The van der Waals surface area contributed by atoms with Gasteiger partial charge in [0.1, 0.15) is 17.0 Å². The van der Waals surface area contributed by atoms with Gasteiger partial charge in [0.05, 0.1) is 5.69 Å². The largest absolute Gasteiger partial charge is 0.363 e. The molecule has 0 fully saturated rings. The Morgan fingerprint density at radius 2 is 2.17 bits per heavy atom. The third-order valence-corrected chi connectivity index (χ3v) is 4.45. The van der Waals surface area contributed by atoms with Gasteiger partial charge in [-0.25, -0.2) is 4.98 Å². The van der Waals surface area contributed by atoms with Crippen LogP contribution in [0.15, 0.2) is 52.6 Å². The second kappa shape index (κ2) is 5.36. The first-order valence-electron chi connectivity index (χ1n) is 6.94. The normalized spacial score (nSPS) is 11.0. The lowest BCUT2D eigenvalue weighted by Crippen LogP contribution is -2.12. The summed E-state index contributed by atoms with van der Waals surface area (Å²) in [5, 5.41) is 9.98. The number of aryl methyl sites for hydroxylation is 1. The van der Waals surface area contributed by atoms with Crippen LogP contribution in [-0.4, -0.2) is 20.6 Å². The maximum Gasteiger partial charge on any atom is 0.276 e. The van der Waals surface area contributed by atoms with E-state index in [1.807, 2.05) is 19.2 Å². The quantitative estimate of drug-likeness (QED) is 0.625. The van der Waals surface area contributed by atoms with Crippen LogP contribution < -0.4 is 5.32 Å². The number of benzene rings is 1. The average Bonchev–Trinajstić information content (AvgIpc) is 3.28. The molecule has 114 valence electrons. The highest BCUT2D eigenvalue weighted by atomic mass is 32.1. The Morgan fingerprint density at radius 1 is 1.30 bits per heavy atom. The van der Waals surface area contributed by atoms with Crippen molar-refractivity contribution in [1.82, 2.24) is 14.7 Å². The number of amides is 1. The zero-order valence-corrected chi connectivity index (χ0v) is 13.0. The van der Waals surface area contributed by atoms with Gasteiger partial charge in [-0.15, -0.1) is 11.3 Å². The van der Waals surface area contributed by atoms with Crippen LogP contribution in [-0.2, 0) is 7.05 Å². The van der Waals surface area contributed by atoms with Crippen LogP contribution in [0.1, 0.15) is 10.5 Å². The fourth-order valence-electron chi connectivity index (χ4n) is 2.45. The summed E-state index contributed by atoms with van der Waals surface area (Å²) in [5.74, 6) is 0.0642. The molecule has 23 heavy (non-hydrogen) atoms. The van der Waals surface area contributed by atoms with Crippen molar-refractivity contribution in [2.75, 3.05) is 5.32 Å². The third-order valence-electron chi connectivity index (χ3n) is 3.59. The van der Waals surface area contributed by atoms with Crippen molar-refractivity contribution in [3.05, 3.63) is 53.7 Å². The lowest BCUT2D eigenvalue weighted by Gasteiger charge is -2.00. The summed E-state index contributed by atoms with van der Waals surface area (Å²) < 4.78 is 6.77. The molecule has 0 saturated heterocycles. The Kier molecular flexibility index (Phi) is 3.20. The Hall–Kier alpha value is -2.93. The van der Waals surface area contributed by atoms with Crippen molar-refractivity contribution < 1.29 is 9.32 Å². The second-order valence-electron chi connectivity index (χ2n) is 5.02. The molecule has 3 aromatic heterocycles. The Labute approximate surface area is 135 Å². The Balaban J connectivity index is 1.66. The predicted octanol–water partition coefficient (Wildman–Crippen LogP) is 3.54. The van der Waals surface area contributed by atoms with E-state index in [0.29, 0.717) is 11.5 Å². The average molecular weight is 324 g/mol. The van der Waals surface area contributed by atoms with Gasteiger partial charge >= 0.3 is 0 Å². The summed E-state index contributed by atoms with van der Waals surface area (Å²) in [7, 11) is 1.99. The Morgan fingerprint density at radius 3 is 2.96 bits per heavy atom. The van der Waals surface area contributed by atoms with E-state index in [-0.39, 0.29) is 5.91 Å². The van der Waals surface area contributed by atoms with E-state index < -0.39 is 0 Å². The molecular formula is C16H12N4O2S. The first-order valence-corrected chi connectivity index (χ1v) is 7.82. The van der Waals surface area contributed by atoms with E-state index >= 15 is 0 Å². The molecule has 1 N–H and O–H groups in total. The third kappa shape index (κ3) is 2.40. The summed E-state index contributed by atoms with van der Waals surface area (Å²) in [6, 6.07) is 11.8. The zero-order valence-electron chi connectivity index (χ0n) is 12.2. The number of carbonyl (C=O) groups excluding carboxylic acids is 1. The standard InChI is InChI=1S/C16H12N4O2S/c1-20-12-5-3-2-4-10(12)8-13(20)16-17-11(9-23-16)15(21)18-14-6-7-22-19-14/h2-9H,1H3,(H,18,19,21). The van der Waals surface area contributed by atoms with Gasteiger partial charge in [0.25, 0.3) is 5.91 Å². The summed E-state index contributed by atoms with van der Waals surface area (Å²) >= 11 is 1.44. The molecule has 0 saturated carbocycles. The van der Waals surface area contributed by atoms with Crippen LogP contribution in [0.2, 0.25) is 0 Å². The number of para-hydroxylation sites is 1. The van der Waals surface area contributed by atoms with Crippen LogP contribution in [0.25, 0.3) is 21.6 Å². The minimum Gasteiger partial charge on any atom is -0.363 e. The van der Waals surface area contributed by atoms with E-state index in [9.17, 15) is 4.79 Å². The van der Waals surface area contributed by atoms with Crippen molar-refractivity contribution >= 4 is 34.0 Å². The number of hydrogen-bond acceptors (Lipinski definition) is 5. The van der Waals surface area contributed by atoms with Crippen molar-refractivity contribution in [2.24, 2.45) is 7.05 Å². The molecule has 1 aromatic carbocycles. The number of nitrogens with zero attached hydrogens (tertiary/aromatic N) is 3. The maximum atomic E-state index is 12.2. The highest BCUT2D eigenvalue weighted by Crippen LogP contribution is 2.29. The lowest BCUT2D eigenvalue weighted by atomic mass is 10.2. The molecule has 0 bridgehead atoms. The van der Waals surface area contributed by atoms with Gasteiger partial charge in [-0.3, -0.25) is 4.79 Å². The summed E-state index contributed by atoms with van der Waals surface area (Å²) in [6.45, 7) is 0. The maximum absolute atomic E-state index is 12.2. The van der Waals surface area contributed by atoms with Crippen LogP contribution in [0.4, 0.5) is 5.82 Å². The number of anilines is 1. The number of aromatic nitrogens is 3. The molecule has 0 unspecified atom stereocenters. The van der Waals surface area contributed by atoms with E-state index in [1.54, 1.807) is 11.4 Å². The smallest absolute Gasteiger partial charge is 0.276 e. The topological polar surface area (TPSA) is 73.0 Å². The van der Waals surface area contributed by atoms with Gasteiger partial charge < -0.3 is 14.4 Å². The molecule has 0 spiro atoms. The molecule has 0 radical (unpaired) electrons. The van der Waals surface area contributed by atoms with Crippen molar-refractivity contribution in [3.63, 3.8) is 0 Å². The predicted molar refractivity (Wildman–Crippen MR) is 88.5 cm³/mol. The monoisotopic (exact) mass is 324 g/mol. The van der Waals surface area contributed by atoms with Crippen LogP contribution in [0.5, 0.6) is 0 Å². The van der Waals surface area contributed by atoms with E-state index in [2.05, 4.69) is 42.7 Å². The van der Waals surface area contributed by atoms with Crippen molar-refractivity contribution in [3.8, 4) is 10.7 Å². The Bertz CT molecular complexity index is 985. The van der Waals surface area contributed by atoms with Crippen molar-refractivity contribution in [2.45, 2.75) is 0 Å². The molecular weight excluding hydrogens is 312 g/mol. The first-order chi connectivity index (χ1) is 11.2. The molecule has 1 amide bonds. The van der Waals surface area contributed by atoms with Gasteiger partial charge in [0.2, 0.25) is 0 Å². The van der Waals surface area contributed by atoms with Crippen LogP contribution >= 0.6 is 11.3 Å². The molecule has 4 aromatic rings. The zero-order chi connectivity index (χ0) is 15.8. The van der Waals surface area contributed by atoms with Gasteiger partial charge in [0, 0.05) is 29.4 Å². The van der Waals surface area contributed by atoms with Crippen LogP contribution in [0.3, 0.4) is 0 Å². The summed E-state index contributed by atoms with van der Waals surface area (Å²) in [5.41, 5.74) is 2.47. The lowest BCUT2D eigenvalue weighted by molar-refractivity contribution is 0.102. The van der Waals surface area contributed by atoms with Gasteiger partial charge in [0.15, 0.2) is 5.82 Å². The summed E-state index contributed by atoms with van der Waals surface area (Å²) in [6.07, 6.45) is 1.40. The number of nitrogens with one attached hydrogen (secondary N) is 1. The van der Waals surface area contributed by atoms with E-state index in [0.717, 1.165) is 21.6 Å². The van der Waals surface area contributed by atoms with Gasteiger partial charge in [-0.2, -0.15) is 0 Å².